The smallest absolute Gasteiger partial charge is 0.150 e. The molecule has 21 heavy (non-hydrogen) atoms. The van der Waals surface area contributed by atoms with Crippen LogP contribution in [0.1, 0.15) is 15.9 Å². The minimum atomic E-state index is 0.466. The fraction of sp³-hybridized carbons (Fsp3) is 0.0556. The van der Waals surface area contributed by atoms with E-state index in [2.05, 4.69) is 0 Å². The molecule has 2 aromatic carbocycles. The zero-order valence-electron chi connectivity index (χ0n) is 11.4. The molecule has 0 spiro atoms. The zero-order chi connectivity index (χ0) is 14.5. The number of furan rings is 1. The molecule has 0 fully saturated rings. The zero-order valence-corrected chi connectivity index (χ0v) is 11.4. The van der Waals surface area contributed by atoms with Gasteiger partial charge in [0.2, 0.25) is 0 Å². The van der Waals surface area contributed by atoms with E-state index < -0.39 is 0 Å². The molecule has 1 aromatic heterocycles. The van der Waals surface area contributed by atoms with Crippen LogP contribution < -0.4 is 4.74 Å². The van der Waals surface area contributed by atoms with Crippen molar-refractivity contribution in [3.05, 3.63) is 78.3 Å². The summed E-state index contributed by atoms with van der Waals surface area (Å²) < 4.78 is 10.9. The molecule has 104 valence electrons. The molecule has 3 rings (SSSR count). The van der Waals surface area contributed by atoms with Crippen molar-refractivity contribution in [2.45, 2.75) is 6.61 Å². The average Bonchev–Trinajstić information content (AvgIpc) is 3.08. The molecule has 0 amide bonds. The van der Waals surface area contributed by atoms with Gasteiger partial charge in [0.05, 0.1) is 12.5 Å². The average molecular weight is 278 g/mol. The van der Waals surface area contributed by atoms with Gasteiger partial charge in [-0.1, -0.05) is 30.3 Å². The van der Waals surface area contributed by atoms with Crippen LogP contribution in [-0.2, 0) is 6.61 Å². The highest BCUT2D eigenvalue weighted by molar-refractivity contribution is 5.80. The first-order chi connectivity index (χ1) is 10.3. The van der Waals surface area contributed by atoms with Crippen LogP contribution in [0.25, 0.3) is 11.1 Å². The van der Waals surface area contributed by atoms with Crippen molar-refractivity contribution >= 4 is 6.29 Å². The Hall–Kier alpha value is -2.81. The van der Waals surface area contributed by atoms with Gasteiger partial charge >= 0.3 is 0 Å². The van der Waals surface area contributed by atoms with Crippen LogP contribution in [0.2, 0.25) is 0 Å². The highest BCUT2D eigenvalue weighted by Gasteiger charge is 2.05. The van der Waals surface area contributed by atoms with Crippen molar-refractivity contribution in [1.82, 2.24) is 0 Å². The van der Waals surface area contributed by atoms with Crippen LogP contribution >= 0.6 is 0 Å². The molecule has 0 radical (unpaired) electrons. The summed E-state index contributed by atoms with van der Waals surface area (Å²) in [6.07, 6.45) is 4.07. The third kappa shape index (κ3) is 3.20. The number of carbonyl (C=O) groups is 1. The van der Waals surface area contributed by atoms with Gasteiger partial charge in [-0.05, 0) is 35.4 Å². The number of ether oxygens (including phenoxy) is 1. The second-order valence-corrected chi connectivity index (χ2v) is 4.69. The first kappa shape index (κ1) is 13.2. The second kappa shape index (κ2) is 6.09. The molecule has 3 aromatic rings. The Morgan fingerprint density at radius 2 is 1.86 bits per heavy atom. The third-order valence-electron chi connectivity index (χ3n) is 3.17. The summed E-state index contributed by atoms with van der Waals surface area (Å²) in [5.41, 5.74) is 3.48. The molecule has 0 aliphatic heterocycles. The Morgan fingerprint density at radius 3 is 2.57 bits per heavy atom. The number of rotatable bonds is 5. The molecule has 0 unspecified atom stereocenters. The summed E-state index contributed by atoms with van der Waals surface area (Å²) >= 11 is 0. The van der Waals surface area contributed by atoms with Gasteiger partial charge in [0.25, 0.3) is 0 Å². The lowest BCUT2D eigenvalue weighted by Gasteiger charge is -2.09. The molecule has 0 atom stereocenters. The van der Waals surface area contributed by atoms with Crippen molar-refractivity contribution in [2.24, 2.45) is 0 Å². The Bertz CT molecular complexity index is 715. The molecule has 0 aliphatic carbocycles. The van der Waals surface area contributed by atoms with Crippen LogP contribution in [-0.4, -0.2) is 6.29 Å². The number of hydrogen-bond donors (Lipinski definition) is 0. The van der Waals surface area contributed by atoms with E-state index in [1.165, 1.54) is 0 Å². The molecular formula is C18H14O3. The van der Waals surface area contributed by atoms with E-state index in [9.17, 15) is 4.79 Å². The van der Waals surface area contributed by atoms with Crippen molar-refractivity contribution in [1.29, 1.82) is 0 Å². The monoisotopic (exact) mass is 278 g/mol. The Morgan fingerprint density at radius 1 is 1.00 bits per heavy atom. The van der Waals surface area contributed by atoms with E-state index in [-0.39, 0.29) is 0 Å². The van der Waals surface area contributed by atoms with Gasteiger partial charge in [0, 0.05) is 11.1 Å². The van der Waals surface area contributed by atoms with Crippen LogP contribution in [0.5, 0.6) is 5.75 Å². The van der Waals surface area contributed by atoms with E-state index in [0.717, 1.165) is 23.0 Å². The summed E-state index contributed by atoms with van der Waals surface area (Å²) in [5, 5.41) is 0. The van der Waals surface area contributed by atoms with E-state index in [4.69, 9.17) is 9.15 Å². The third-order valence-corrected chi connectivity index (χ3v) is 3.17. The summed E-state index contributed by atoms with van der Waals surface area (Å²) in [4.78, 5) is 11.1. The van der Waals surface area contributed by atoms with Crippen LogP contribution in [0.15, 0.2) is 71.5 Å². The SMILES string of the molecule is O=Cc1cc(OCc2ccccc2)cc(-c2ccoc2)c1. The van der Waals surface area contributed by atoms with Gasteiger partial charge < -0.3 is 9.15 Å². The van der Waals surface area contributed by atoms with E-state index in [1.807, 2.05) is 48.5 Å². The van der Waals surface area contributed by atoms with Crippen molar-refractivity contribution in [3.8, 4) is 16.9 Å². The minimum absolute atomic E-state index is 0.466. The van der Waals surface area contributed by atoms with Gasteiger partial charge in [-0.15, -0.1) is 0 Å². The Kier molecular flexibility index (Phi) is 3.83. The summed E-state index contributed by atoms with van der Waals surface area (Å²) in [6, 6.07) is 17.2. The van der Waals surface area contributed by atoms with Gasteiger partial charge in [0.1, 0.15) is 18.6 Å². The van der Waals surface area contributed by atoms with E-state index >= 15 is 0 Å². The summed E-state index contributed by atoms with van der Waals surface area (Å²) in [5.74, 6) is 0.666. The van der Waals surface area contributed by atoms with E-state index in [0.29, 0.717) is 17.9 Å². The van der Waals surface area contributed by atoms with Crippen molar-refractivity contribution < 1.29 is 13.9 Å². The van der Waals surface area contributed by atoms with Crippen molar-refractivity contribution in [2.75, 3.05) is 0 Å². The Balaban J connectivity index is 1.84. The minimum Gasteiger partial charge on any atom is -0.489 e. The predicted octanol–water partition coefficient (Wildman–Crippen LogP) is 4.34. The predicted molar refractivity (Wildman–Crippen MR) is 80.3 cm³/mol. The molecular weight excluding hydrogens is 264 g/mol. The lowest BCUT2D eigenvalue weighted by molar-refractivity contribution is 0.112. The molecule has 0 saturated heterocycles. The first-order valence-corrected chi connectivity index (χ1v) is 6.65. The lowest BCUT2D eigenvalue weighted by atomic mass is 10.1. The summed E-state index contributed by atoms with van der Waals surface area (Å²) in [6.45, 7) is 0.466. The fourth-order valence-electron chi connectivity index (χ4n) is 2.11. The maximum absolute atomic E-state index is 11.1. The standard InChI is InChI=1S/C18H14O3/c19-11-15-8-17(16-6-7-20-13-16)10-18(9-15)21-12-14-4-2-1-3-5-14/h1-11,13H,12H2. The highest BCUT2D eigenvalue weighted by atomic mass is 16.5. The number of aldehydes is 1. The maximum atomic E-state index is 11.1. The molecule has 0 saturated carbocycles. The van der Waals surface area contributed by atoms with Gasteiger partial charge in [-0.2, -0.15) is 0 Å². The van der Waals surface area contributed by atoms with Crippen LogP contribution in [0.3, 0.4) is 0 Å². The molecule has 3 nitrogen and oxygen atoms in total. The quantitative estimate of drug-likeness (QED) is 0.652. The molecule has 0 bridgehead atoms. The molecule has 1 heterocycles. The first-order valence-electron chi connectivity index (χ1n) is 6.65. The van der Waals surface area contributed by atoms with E-state index in [1.54, 1.807) is 18.6 Å². The normalized spacial score (nSPS) is 10.3. The number of carbonyl (C=O) groups excluding carboxylic acids is 1. The maximum Gasteiger partial charge on any atom is 0.150 e. The molecule has 0 aliphatic rings. The largest absolute Gasteiger partial charge is 0.489 e. The second-order valence-electron chi connectivity index (χ2n) is 4.69. The summed E-state index contributed by atoms with van der Waals surface area (Å²) in [7, 11) is 0. The fourth-order valence-corrected chi connectivity index (χ4v) is 2.11. The molecule has 3 heteroatoms. The van der Waals surface area contributed by atoms with Gasteiger partial charge in [0.15, 0.2) is 0 Å². The molecule has 0 N–H and O–H groups in total. The Labute approximate surface area is 122 Å². The highest BCUT2D eigenvalue weighted by Crippen LogP contribution is 2.26. The van der Waals surface area contributed by atoms with Crippen LogP contribution in [0, 0.1) is 0 Å². The number of hydrogen-bond acceptors (Lipinski definition) is 3. The number of benzene rings is 2. The van der Waals surface area contributed by atoms with Crippen LogP contribution in [0.4, 0.5) is 0 Å². The van der Waals surface area contributed by atoms with Gasteiger partial charge in [-0.25, -0.2) is 0 Å². The topological polar surface area (TPSA) is 39.4 Å². The van der Waals surface area contributed by atoms with Gasteiger partial charge in [-0.3, -0.25) is 4.79 Å². The van der Waals surface area contributed by atoms with Crippen molar-refractivity contribution in [3.63, 3.8) is 0 Å². The lowest BCUT2D eigenvalue weighted by Crippen LogP contribution is -1.96.